The summed E-state index contributed by atoms with van der Waals surface area (Å²) in [6.45, 7) is 1.83. The molecule has 4 nitrogen and oxygen atoms in total. The maximum Gasteiger partial charge on any atom is 0.140 e. The summed E-state index contributed by atoms with van der Waals surface area (Å²) in [5, 5.41) is 19.3. The van der Waals surface area contributed by atoms with Crippen LogP contribution in [0.3, 0.4) is 0 Å². The smallest absolute Gasteiger partial charge is 0.140 e. The first-order valence-corrected chi connectivity index (χ1v) is 9.10. The summed E-state index contributed by atoms with van der Waals surface area (Å²) >= 11 is 0. The van der Waals surface area contributed by atoms with E-state index in [0.717, 1.165) is 23.1 Å². The predicted octanol–water partition coefficient (Wildman–Crippen LogP) is 4.52. The molecule has 0 aliphatic rings. The molecule has 3 rings (SSSR count). The normalized spacial score (nSPS) is 12.8. The zero-order valence-electron chi connectivity index (χ0n) is 15.5. The Hall–Kier alpha value is -3.23. The average Bonchev–Trinajstić information content (AvgIpc) is 2.73. The molecule has 0 unspecified atom stereocenters. The van der Waals surface area contributed by atoms with Crippen molar-refractivity contribution < 1.29 is 14.2 Å². The van der Waals surface area contributed by atoms with Gasteiger partial charge in [-0.2, -0.15) is 5.26 Å². The number of nitriles is 1. The maximum atomic E-state index is 13.5. The van der Waals surface area contributed by atoms with Crippen molar-refractivity contribution in [2.75, 3.05) is 0 Å². The quantitative estimate of drug-likeness (QED) is 0.658. The van der Waals surface area contributed by atoms with Gasteiger partial charge in [-0.25, -0.2) is 4.39 Å². The second kappa shape index (κ2) is 9.12. The lowest BCUT2D eigenvalue weighted by atomic mass is 10.0. The lowest BCUT2D eigenvalue weighted by molar-refractivity contribution is 0.0420. The van der Waals surface area contributed by atoms with Crippen LogP contribution in [0.15, 0.2) is 67.0 Å². The maximum absolute atomic E-state index is 13.5. The standard InChI is InChI=1S/C23H21FN2O2/c1-16(23(27)11-4-17-3-2-12-26-15-17)28-21-8-5-18(6-9-21)19-7-10-22(24)20(13-19)14-25/h2-3,5-10,12-13,15-16,23,27H,4,11H2,1H3/t16-,23+/m0/s1. The van der Waals surface area contributed by atoms with Crippen molar-refractivity contribution in [2.24, 2.45) is 0 Å². The van der Waals surface area contributed by atoms with E-state index in [1.165, 1.54) is 12.1 Å². The largest absolute Gasteiger partial charge is 0.488 e. The van der Waals surface area contributed by atoms with Gasteiger partial charge in [0.05, 0.1) is 11.7 Å². The SMILES string of the molecule is C[C@H](Oc1ccc(-c2ccc(F)c(C#N)c2)cc1)[C@H](O)CCc1cccnc1. The zero-order valence-corrected chi connectivity index (χ0v) is 15.5. The number of hydrogen-bond donors (Lipinski definition) is 1. The second-order valence-corrected chi connectivity index (χ2v) is 6.62. The number of aliphatic hydroxyl groups excluding tert-OH is 1. The molecule has 0 saturated carbocycles. The van der Waals surface area contributed by atoms with Gasteiger partial charge in [0, 0.05) is 12.4 Å². The summed E-state index contributed by atoms with van der Waals surface area (Å²) in [6, 6.07) is 17.5. The Balaban J connectivity index is 1.59. The van der Waals surface area contributed by atoms with Crippen LogP contribution in [0.2, 0.25) is 0 Å². The zero-order chi connectivity index (χ0) is 19.9. The molecule has 1 aromatic heterocycles. The Bertz CT molecular complexity index is 953. The van der Waals surface area contributed by atoms with Crippen molar-refractivity contribution in [2.45, 2.75) is 32.0 Å². The van der Waals surface area contributed by atoms with Gasteiger partial charge in [0.1, 0.15) is 23.7 Å². The molecule has 0 bridgehead atoms. The fourth-order valence-electron chi connectivity index (χ4n) is 2.90. The summed E-state index contributed by atoms with van der Waals surface area (Å²) in [6.07, 6.45) is 3.87. The van der Waals surface area contributed by atoms with E-state index in [9.17, 15) is 9.50 Å². The van der Waals surface area contributed by atoms with E-state index in [-0.39, 0.29) is 11.7 Å². The molecule has 0 aliphatic carbocycles. The second-order valence-electron chi connectivity index (χ2n) is 6.62. The van der Waals surface area contributed by atoms with Gasteiger partial charge >= 0.3 is 0 Å². The van der Waals surface area contributed by atoms with Gasteiger partial charge in [-0.3, -0.25) is 4.98 Å². The van der Waals surface area contributed by atoms with Crippen molar-refractivity contribution in [1.82, 2.24) is 4.98 Å². The highest BCUT2D eigenvalue weighted by molar-refractivity contribution is 5.66. The first-order valence-electron chi connectivity index (χ1n) is 9.10. The van der Waals surface area contributed by atoms with Crippen molar-refractivity contribution in [3.8, 4) is 22.9 Å². The highest BCUT2D eigenvalue weighted by atomic mass is 19.1. The number of halogens is 1. The van der Waals surface area contributed by atoms with Crippen molar-refractivity contribution in [1.29, 1.82) is 5.26 Å². The van der Waals surface area contributed by atoms with Crippen LogP contribution in [-0.4, -0.2) is 22.3 Å². The lowest BCUT2D eigenvalue weighted by Gasteiger charge is -2.20. The van der Waals surface area contributed by atoms with E-state index in [1.54, 1.807) is 30.6 Å². The summed E-state index contributed by atoms with van der Waals surface area (Å²) in [5.74, 6) is 0.111. The van der Waals surface area contributed by atoms with Gasteiger partial charge in [-0.1, -0.05) is 24.3 Å². The number of hydrogen-bond acceptors (Lipinski definition) is 4. The first kappa shape index (κ1) is 19.5. The van der Waals surface area contributed by atoms with Gasteiger partial charge in [-0.05, 0) is 66.8 Å². The van der Waals surface area contributed by atoms with Gasteiger partial charge in [0.25, 0.3) is 0 Å². The molecule has 3 aromatic rings. The molecule has 0 aliphatic heterocycles. The molecule has 0 radical (unpaired) electrons. The van der Waals surface area contributed by atoms with E-state index >= 15 is 0 Å². The van der Waals surface area contributed by atoms with E-state index in [2.05, 4.69) is 4.98 Å². The summed E-state index contributed by atoms with van der Waals surface area (Å²) < 4.78 is 19.3. The monoisotopic (exact) mass is 376 g/mol. The van der Waals surface area contributed by atoms with Crippen LogP contribution in [0.4, 0.5) is 4.39 Å². The predicted molar refractivity (Wildman–Crippen MR) is 105 cm³/mol. The number of ether oxygens (including phenoxy) is 1. The van der Waals surface area contributed by atoms with Crippen LogP contribution >= 0.6 is 0 Å². The molecule has 0 spiro atoms. The molecule has 0 amide bonds. The molecule has 0 fully saturated rings. The minimum atomic E-state index is -0.602. The van der Waals surface area contributed by atoms with Crippen LogP contribution in [0.1, 0.15) is 24.5 Å². The molecule has 28 heavy (non-hydrogen) atoms. The number of aromatic nitrogens is 1. The number of aryl methyl sites for hydroxylation is 1. The summed E-state index contributed by atoms with van der Waals surface area (Å²) in [7, 11) is 0. The minimum Gasteiger partial charge on any atom is -0.488 e. The van der Waals surface area contributed by atoms with Crippen molar-refractivity contribution >= 4 is 0 Å². The van der Waals surface area contributed by atoms with E-state index < -0.39 is 11.9 Å². The van der Waals surface area contributed by atoms with Crippen LogP contribution in [0.25, 0.3) is 11.1 Å². The van der Waals surface area contributed by atoms with Gasteiger partial charge in [0.15, 0.2) is 0 Å². The van der Waals surface area contributed by atoms with E-state index in [4.69, 9.17) is 10.00 Å². The molecule has 5 heteroatoms. The third kappa shape index (κ3) is 4.93. The average molecular weight is 376 g/mol. The van der Waals surface area contributed by atoms with E-state index in [0.29, 0.717) is 12.2 Å². The highest BCUT2D eigenvalue weighted by Gasteiger charge is 2.16. The molecule has 1 N–H and O–H groups in total. The highest BCUT2D eigenvalue weighted by Crippen LogP contribution is 2.25. The number of pyridine rings is 1. The molecule has 142 valence electrons. The topological polar surface area (TPSA) is 66.1 Å². The number of benzene rings is 2. The molecule has 2 atom stereocenters. The van der Waals surface area contributed by atoms with Crippen LogP contribution < -0.4 is 4.74 Å². The van der Waals surface area contributed by atoms with Gasteiger partial charge < -0.3 is 9.84 Å². The fraction of sp³-hybridized carbons (Fsp3) is 0.217. The molecule has 0 saturated heterocycles. The fourth-order valence-corrected chi connectivity index (χ4v) is 2.90. The number of rotatable bonds is 7. The Kier molecular flexibility index (Phi) is 6.36. The van der Waals surface area contributed by atoms with Crippen molar-refractivity contribution in [3.63, 3.8) is 0 Å². The van der Waals surface area contributed by atoms with Crippen molar-refractivity contribution in [3.05, 3.63) is 83.9 Å². The molecule has 2 aromatic carbocycles. The third-order valence-electron chi connectivity index (χ3n) is 4.59. The Morgan fingerprint density at radius 3 is 2.57 bits per heavy atom. The Labute approximate surface area is 163 Å². The Morgan fingerprint density at radius 2 is 1.89 bits per heavy atom. The van der Waals surface area contributed by atoms with Crippen LogP contribution in [0, 0.1) is 17.1 Å². The number of aliphatic hydroxyl groups is 1. The first-order chi connectivity index (χ1) is 13.6. The van der Waals surface area contributed by atoms with Gasteiger partial charge in [0.2, 0.25) is 0 Å². The lowest BCUT2D eigenvalue weighted by Crippen LogP contribution is -2.29. The van der Waals surface area contributed by atoms with Gasteiger partial charge in [-0.15, -0.1) is 0 Å². The number of nitrogens with zero attached hydrogens (tertiary/aromatic N) is 2. The van der Waals surface area contributed by atoms with E-state index in [1.807, 2.05) is 37.3 Å². The third-order valence-corrected chi connectivity index (χ3v) is 4.59. The Morgan fingerprint density at radius 1 is 1.14 bits per heavy atom. The summed E-state index contributed by atoms with van der Waals surface area (Å²) in [5.41, 5.74) is 2.71. The molecular formula is C23H21FN2O2. The summed E-state index contributed by atoms with van der Waals surface area (Å²) in [4.78, 5) is 4.07. The molecular weight excluding hydrogens is 355 g/mol. The molecule has 1 heterocycles. The van der Waals surface area contributed by atoms with Crippen LogP contribution in [0.5, 0.6) is 5.75 Å². The minimum absolute atomic E-state index is 0.0168. The van der Waals surface area contributed by atoms with Crippen LogP contribution in [-0.2, 0) is 6.42 Å².